The smallest absolute Gasteiger partial charge is 0.399 e. The lowest BCUT2D eigenvalue weighted by atomic mass is 9.77. The summed E-state index contributed by atoms with van der Waals surface area (Å²) in [7, 11) is -0.941. The van der Waals surface area contributed by atoms with Crippen molar-refractivity contribution in [1.82, 2.24) is 29.4 Å². The van der Waals surface area contributed by atoms with E-state index in [1.807, 2.05) is 45.9 Å². The molecular weight excluding hydrogens is 1380 g/mol. The Morgan fingerprint density at radius 3 is 1.64 bits per heavy atom. The van der Waals surface area contributed by atoms with Crippen molar-refractivity contribution in [1.29, 1.82) is 0 Å². The van der Waals surface area contributed by atoms with Crippen molar-refractivity contribution in [2.45, 2.75) is 154 Å². The Bertz CT molecular complexity index is 4220. The summed E-state index contributed by atoms with van der Waals surface area (Å²) in [5.41, 5.74) is 7.27. The molecule has 3 saturated heterocycles. The molecule has 506 valence electrons. The fourth-order valence-corrected chi connectivity index (χ4v) is 13.4. The molecule has 3 fully saturated rings. The summed E-state index contributed by atoms with van der Waals surface area (Å²) in [5.74, 6) is -3.46. The van der Waals surface area contributed by atoms with E-state index >= 15 is 8.78 Å². The lowest BCUT2D eigenvalue weighted by Crippen LogP contribution is -2.43. The third-order valence-corrected chi connectivity index (χ3v) is 19.0. The van der Waals surface area contributed by atoms with E-state index in [4.69, 9.17) is 9.31 Å². The van der Waals surface area contributed by atoms with E-state index in [0.717, 1.165) is 36.2 Å². The highest BCUT2D eigenvalue weighted by Gasteiger charge is 2.53. The van der Waals surface area contributed by atoms with Crippen LogP contribution in [-0.4, -0.2) is 127 Å². The van der Waals surface area contributed by atoms with Crippen LogP contribution in [0.2, 0.25) is 0 Å². The molecule has 0 unspecified atom stereocenters. The minimum Gasteiger partial charge on any atom is -0.399 e. The lowest BCUT2D eigenvalue weighted by Gasteiger charge is -2.32. The maximum Gasteiger partial charge on any atom is 0.497 e. The van der Waals surface area contributed by atoms with Gasteiger partial charge in [0.05, 0.1) is 47.4 Å². The minimum absolute atomic E-state index is 0. The van der Waals surface area contributed by atoms with Crippen molar-refractivity contribution < 1.29 is 55.6 Å². The Labute approximate surface area is 587 Å². The molecule has 4 aliphatic heterocycles. The molecule has 0 bridgehead atoms. The van der Waals surface area contributed by atoms with Crippen molar-refractivity contribution >= 4 is 139 Å². The van der Waals surface area contributed by atoms with Gasteiger partial charge < -0.3 is 24.4 Å². The van der Waals surface area contributed by atoms with Crippen LogP contribution in [0.15, 0.2) is 126 Å². The second kappa shape index (κ2) is 32.1. The number of rotatable bonds is 14. The molecule has 2 amide bonds. The summed E-state index contributed by atoms with van der Waals surface area (Å²) < 4.78 is 76.5. The number of alkyl halides is 2. The predicted octanol–water partition coefficient (Wildman–Crippen LogP) is 12.4. The molecular formula is C71H76BBrClF4N7O8S3. The van der Waals surface area contributed by atoms with Crippen molar-refractivity contribution in [3.8, 4) is 11.1 Å². The Balaban J connectivity index is 0.000000203. The van der Waals surface area contributed by atoms with E-state index in [9.17, 15) is 37.5 Å². The third-order valence-electron chi connectivity index (χ3n) is 18.5. The maximum atomic E-state index is 15.7. The first-order chi connectivity index (χ1) is 44.9. The Hall–Kier alpha value is -7.06. The number of carbonyl (C=O) groups excluding carboxylic acids is 6. The first-order valence-corrected chi connectivity index (χ1v) is 33.6. The van der Waals surface area contributed by atoms with Gasteiger partial charge in [-0.25, -0.2) is 17.6 Å². The number of nitrogens with one attached hydrogen (secondary N) is 1. The van der Waals surface area contributed by atoms with Crippen LogP contribution in [-0.2, 0) is 96.1 Å². The number of fused-ring (bicyclic) bond motifs is 4. The van der Waals surface area contributed by atoms with Crippen LogP contribution in [0.1, 0.15) is 122 Å². The molecule has 0 saturated carbocycles. The van der Waals surface area contributed by atoms with Gasteiger partial charge in [0.1, 0.15) is 48.5 Å². The molecule has 25 heteroatoms. The van der Waals surface area contributed by atoms with Gasteiger partial charge in [0, 0.05) is 100 Å². The number of anilines is 1. The molecule has 1 aliphatic carbocycles. The number of Topliss-reactive ketones (excluding diaryl/α,β-unsaturated/α-hetero) is 4. The number of hydrogen-bond donors (Lipinski definition) is 1. The number of carbonyl (C=O) groups is 6. The predicted molar refractivity (Wildman–Crippen MR) is 381 cm³/mol. The first-order valence-electron chi connectivity index (χ1n) is 31.5. The van der Waals surface area contributed by atoms with E-state index in [-0.39, 0.29) is 117 Å². The average molecular weight is 1450 g/mol. The second-order valence-corrected chi connectivity index (χ2v) is 26.4. The van der Waals surface area contributed by atoms with E-state index < -0.39 is 77.8 Å². The highest BCUT2D eigenvalue weighted by Crippen LogP contribution is 2.38. The van der Waals surface area contributed by atoms with Gasteiger partial charge in [-0.2, -0.15) is 23.7 Å². The molecule has 8 aromatic rings. The minimum atomic E-state index is -1.39. The molecule has 96 heavy (non-hydrogen) atoms. The maximum absolute atomic E-state index is 15.7. The van der Waals surface area contributed by atoms with Crippen LogP contribution in [0.4, 0.5) is 23.2 Å². The number of para-hydroxylation sites is 2. The fourth-order valence-electron chi connectivity index (χ4n) is 13.0. The number of likely N-dealkylation sites (tertiary alicyclic amines) is 2. The monoisotopic (exact) mass is 1450 g/mol. The van der Waals surface area contributed by atoms with Crippen LogP contribution >= 0.6 is 41.8 Å². The van der Waals surface area contributed by atoms with Gasteiger partial charge in [0.15, 0.2) is 23.1 Å². The zero-order chi connectivity index (χ0) is 67.3. The number of amides is 2. The van der Waals surface area contributed by atoms with Gasteiger partial charge >= 0.3 is 7.12 Å². The van der Waals surface area contributed by atoms with E-state index in [1.165, 1.54) is 69.2 Å². The van der Waals surface area contributed by atoms with Crippen molar-refractivity contribution in [3.63, 3.8) is 0 Å². The van der Waals surface area contributed by atoms with Gasteiger partial charge in [-0.3, -0.25) is 38.1 Å². The fraction of sp³-hybridized carbons (Fsp3) is 0.380. The van der Waals surface area contributed by atoms with Crippen molar-refractivity contribution in [3.05, 3.63) is 177 Å². The number of aromatic nitrogens is 4. The number of nitrogens with zero attached hydrogens (tertiary/aromatic N) is 6. The van der Waals surface area contributed by atoms with Gasteiger partial charge in [0.25, 0.3) is 0 Å². The van der Waals surface area contributed by atoms with Crippen molar-refractivity contribution in [2.24, 2.45) is 0 Å². The molecule has 1 N–H and O–H groups in total. The summed E-state index contributed by atoms with van der Waals surface area (Å²) >= 11 is 10.8. The number of aryl methyl sites for hydroxylation is 3. The van der Waals surface area contributed by atoms with Gasteiger partial charge in [0.2, 0.25) is 11.8 Å². The van der Waals surface area contributed by atoms with Crippen LogP contribution in [0.5, 0.6) is 0 Å². The molecule has 0 spiro atoms. The largest absolute Gasteiger partial charge is 0.497 e. The zero-order valence-corrected chi connectivity index (χ0v) is 59.1. The Kier molecular flexibility index (Phi) is 25.0. The first kappa shape index (κ1) is 74.7. The topological polar surface area (TPSA) is 175 Å². The number of halogens is 6. The summed E-state index contributed by atoms with van der Waals surface area (Å²) in [6.45, 7) is 10.2. The lowest BCUT2D eigenvalue weighted by molar-refractivity contribution is -0.138. The molecule has 4 atom stereocenters. The van der Waals surface area contributed by atoms with Crippen LogP contribution < -0.4 is 10.8 Å². The summed E-state index contributed by atoms with van der Waals surface area (Å²) in [5, 5.41) is 13.2. The highest BCUT2D eigenvalue weighted by molar-refractivity contribution is 9.10. The molecule has 15 nitrogen and oxygen atoms in total. The number of ketones is 4. The standard InChI is InChI=1S/C32H30F2N4O3.C29H32BF2N3O5.C10H11Br.ClH.S2.H2S/c1-19(39)32-25-8-2-3-10-27(25)38(36-32)18-30(41)37-17-23(33)16-28(37)29(40)15-22-6-4-9-24(31(22)34)20-11-12-26-21(14-20)7-5-13-35-26;1-17(36)27-20-10-6-7-12-22(20)35(33-27)16-25(38)34-15-19(31)14-23(34)24(37)13-18-9-8-11-21(26(18)32)30-39-28(2,3)29(4,5)40-30;11-10-6-5-8-3-1-2-4-9(8)7-10;;1-2;/h2-4,6,8-12,14,23,28,35H,5,7,13,15-18H2,1H3;6-12,19,23H,13-16H2,1-5H3;5-7H,1-4H2;1H;;1H2/t23-,28+;19-,23+;;;;/m11..../s1. The summed E-state index contributed by atoms with van der Waals surface area (Å²) in [4.78, 5) is 80.0. The molecule has 5 aliphatic rings. The zero-order valence-electron chi connectivity index (χ0n) is 54.1. The second-order valence-electron chi connectivity index (χ2n) is 25.4. The SMILES string of the molecule is Brc1ccc2c(c1)CCCC2.CC(=O)c1nn(CC(=O)N2C[C@H](F)C[C@H]2C(=O)Cc2cccc(-c3ccc4c(c3)CCCN4)c2F)c2ccccc12.CC(=O)c1nn(CC(=O)N2C[C@H](F)C[C@H]2C(=O)Cc2cccc(B3OC(C)(C)C(C)(C)O3)c2F)c2ccccc12.Cl.S.S=S. The Morgan fingerprint density at radius 2 is 1.10 bits per heavy atom. The van der Waals surface area contributed by atoms with E-state index in [2.05, 4.69) is 72.0 Å². The molecule has 13 rings (SSSR count). The summed E-state index contributed by atoms with van der Waals surface area (Å²) in [6.07, 6.45) is 3.58. The summed E-state index contributed by atoms with van der Waals surface area (Å²) in [6, 6.07) is 34.1. The van der Waals surface area contributed by atoms with Gasteiger partial charge in [-0.05, 0) is 136 Å². The van der Waals surface area contributed by atoms with Crippen LogP contribution in [0, 0.1) is 11.6 Å². The molecule has 6 heterocycles. The third kappa shape index (κ3) is 16.4. The van der Waals surface area contributed by atoms with E-state index in [1.54, 1.807) is 90.0 Å². The van der Waals surface area contributed by atoms with Crippen LogP contribution in [0.3, 0.4) is 0 Å². The molecule has 2 aromatic heterocycles. The highest BCUT2D eigenvalue weighted by atomic mass is 79.9. The van der Waals surface area contributed by atoms with Crippen molar-refractivity contribution in [2.75, 3.05) is 25.0 Å². The average Bonchev–Trinajstić information content (AvgIpc) is 1.59. The Morgan fingerprint density at radius 1 is 0.615 bits per heavy atom. The van der Waals surface area contributed by atoms with Gasteiger partial charge in [-0.15, -0.1) is 12.4 Å². The molecule has 0 radical (unpaired) electrons. The molecule has 6 aromatic carbocycles. The normalized spacial score (nSPS) is 18.8. The number of hydrogen-bond acceptors (Lipinski definition) is 13. The quantitative estimate of drug-likeness (QED) is 0.0619. The van der Waals surface area contributed by atoms with Crippen LogP contribution in [0.25, 0.3) is 32.9 Å². The van der Waals surface area contributed by atoms with Gasteiger partial charge in [-0.1, -0.05) is 101 Å². The van der Waals surface area contributed by atoms with E-state index in [0.29, 0.717) is 27.4 Å². The number of benzene rings is 6.